The third-order valence-corrected chi connectivity index (χ3v) is 4.50. The molecule has 2 rings (SSSR count). The number of aliphatic imine (C=N–C) groups is 1. The monoisotopic (exact) mass is 497 g/mol. The molecule has 0 saturated carbocycles. The molecule has 188 valence electrons. The zero-order chi connectivity index (χ0) is 26.3. The Bertz CT molecular complexity index is 1150. The number of guanidine groups is 1. The first-order valence-corrected chi connectivity index (χ1v) is 9.78. The molecule has 0 aromatic heterocycles. The maximum Gasteiger partial charge on any atom is 0.416 e. The van der Waals surface area contributed by atoms with E-state index in [0.717, 1.165) is 6.07 Å². The minimum absolute atomic E-state index is 0.0765. The van der Waals surface area contributed by atoms with Gasteiger partial charge >= 0.3 is 12.1 Å². The number of amides is 2. The van der Waals surface area contributed by atoms with Gasteiger partial charge in [-0.1, -0.05) is 0 Å². The number of hydrogen-bond donors (Lipinski definition) is 6. The number of ether oxygens (including phenoxy) is 1. The van der Waals surface area contributed by atoms with Gasteiger partial charge in [0.1, 0.15) is 11.5 Å². The van der Waals surface area contributed by atoms with Crippen LogP contribution in [0.3, 0.4) is 0 Å². The minimum atomic E-state index is -4.80. The third kappa shape index (κ3) is 7.80. The number of hydrogen-bond acceptors (Lipinski definition) is 6. The molecule has 2 aromatic rings. The maximum atomic E-state index is 13.2. The van der Waals surface area contributed by atoms with Crippen LogP contribution in [0.2, 0.25) is 0 Å². The number of carboxylic acid groups (broad SMARTS) is 1. The van der Waals surface area contributed by atoms with E-state index in [9.17, 15) is 32.7 Å². The van der Waals surface area contributed by atoms with Crippen LogP contribution >= 0.6 is 0 Å². The Morgan fingerprint density at radius 3 is 2.37 bits per heavy atom. The van der Waals surface area contributed by atoms with Crippen LogP contribution in [0.15, 0.2) is 41.4 Å². The molecule has 0 saturated heterocycles. The van der Waals surface area contributed by atoms with Gasteiger partial charge in [0.25, 0.3) is 5.91 Å². The SMILES string of the molecule is COc1ccc(C(CC(=O)O)NC(=O)CNC(=O)c2cc(N=C(N)N)cc(C(F)(F)F)c2)c(O)c1. The summed E-state index contributed by atoms with van der Waals surface area (Å²) in [6, 6.07) is 5.03. The number of carboxylic acids is 1. The van der Waals surface area contributed by atoms with Crippen LogP contribution in [-0.2, 0) is 15.8 Å². The van der Waals surface area contributed by atoms with E-state index in [-0.39, 0.29) is 17.0 Å². The highest BCUT2D eigenvalue weighted by Gasteiger charge is 2.32. The van der Waals surface area contributed by atoms with E-state index in [1.807, 2.05) is 0 Å². The summed E-state index contributed by atoms with van der Waals surface area (Å²) < 4.78 is 44.5. The van der Waals surface area contributed by atoms with Gasteiger partial charge < -0.3 is 37.1 Å². The second kappa shape index (κ2) is 11.1. The first kappa shape index (κ1) is 26.8. The summed E-state index contributed by atoms with van der Waals surface area (Å²) >= 11 is 0. The Hall–Kier alpha value is -4.49. The van der Waals surface area contributed by atoms with Crippen molar-refractivity contribution in [3.8, 4) is 11.5 Å². The van der Waals surface area contributed by atoms with Gasteiger partial charge in [0.15, 0.2) is 5.96 Å². The number of halogens is 3. The van der Waals surface area contributed by atoms with Gasteiger partial charge in [0.05, 0.1) is 37.4 Å². The van der Waals surface area contributed by atoms with Crippen LogP contribution in [0.4, 0.5) is 18.9 Å². The van der Waals surface area contributed by atoms with Crippen molar-refractivity contribution in [1.82, 2.24) is 10.6 Å². The van der Waals surface area contributed by atoms with Crippen molar-refractivity contribution in [2.45, 2.75) is 18.6 Å². The molecule has 2 amide bonds. The molecule has 0 aliphatic rings. The molecular weight excluding hydrogens is 475 g/mol. The number of carbonyl (C=O) groups is 3. The van der Waals surface area contributed by atoms with Crippen molar-refractivity contribution in [3.63, 3.8) is 0 Å². The van der Waals surface area contributed by atoms with Crippen LogP contribution in [0.25, 0.3) is 0 Å². The quantitative estimate of drug-likeness (QED) is 0.221. The molecule has 11 nitrogen and oxygen atoms in total. The van der Waals surface area contributed by atoms with Crippen molar-refractivity contribution >= 4 is 29.4 Å². The van der Waals surface area contributed by atoms with E-state index < -0.39 is 60.1 Å². The van der Waals surface area contributed by atoms with Gasteiger partial charge in [0.2, 0.25) is 5.91 Å². The Morgan fingerprint density at radius 2 is 1.83 bits per heavy atom. The summed E-state index contributed by atoms with van der Waals surface area (Å²) in [4.78, 5) is 39.5. The number of carbonyl (C=O) groups excluding carboxylic acids is 2. The molecule has 1 unspecified atom stereocenters. The van der Waals surface area contributed by atoms with Crippen molar-refractivity contribution in [3.05, 3.63) is 53.1 Å². The third-order valence-electron chi connectivity index (χ3n) is 4.50. The summed E-state index contributed by atoms with van der Waals surface area (Å²) in [5.41, 5.74) is 8.47. The van der Waals surface area contributed by atoms with Gasteiger partial charge in [-0.25, -0.2) is 4.99 Å². The molecule has 2 aromatic carbocycles. The Kier molecular flexibility index (Phi) is 8.48. The average Bonchev–Trinajstić information content (AvgIpc) is 2.75. The fraction of sp³-hybridized carbons (Fsp3) is 0.238. The number of methoxy groups -OCH3 is 1. The standard InChI is InChI=1S/C21H22F3N5O6/c1-35-13-2-3-14(16(30)7-13)15(8-18(32)33)29-17(31)9-27-19(34)10-4-11(21(22,23)24)6-12(5-10)28-20(25)26/h2-7,15,30H,8-9H2,1H3,(H,27,34)(H,29,31)(H,32,33)(H4,25,26,28). The van der Waals surface area contributed by atoms with Gasteiger partial charge in [0, 0.05) is 17.2 Å². The highest BCUT2D eigenvalue weighted by atomic mass is 19.4. The van der Waals surface area contributed by atoms with Crippen molar-refractivity contribution in [2.24, 2.45) is 16.5 Å². The lowest BCUT2D eigenvalue weighted by Gasteiger charge is -2.19. The number of phenols is 1. The van der Waals surface area contributed by atoms with Crippen LogP contribution in [-0.4, -0.2) is 47.6 Å². The molecule has 0 aliphatic heterocycles. The lowest BCUT2D eigenvalue weighted by molar-refractivity contribution is -0.138. The van der Waals surface area contributed by atoms with Gasteiger partial charge in [-0.3, -0.25) is 14.4 Å². The normalized spacial score (nSPS) is 11.8. The first-order chi connectivity index (χ1) is 16.3. The van der Waals surface area contributed by atoms with E-state index in [1.54, 1.807) is 0 Å². The molecule has 0 bridgehead atoms. The van der Waals surface area contributed by atoms with Gasteiger partial charge in [-0.05, 0) is 30.3 Å². The molecule has 0 heterocycles. The molecule has 0 radical (unpaired) electrons. The van der Waals surface area contributed by atoms with Crippen molar-refractivity contribution in [2.75, 3.05) is 13.7 Å². The summed E-state index contributed by atoms with van der Waals surface area (Å²) in [6.45, 7) is -0.709. The van der Waals surface area contributed by atoms with Gasteiger partial charge in [-0.2, -0.15) is 13.2 Å². The van der Waals surface area contributed by atoms with E-state index in [1.165, 1.54) is 25.3 Å². The lowest BCUT2D eigenvalue weighted by atomic mass is 10.0. The second-order valence-electron chi connectivity index (χ2n) is 7.13. The van der Waals surface area contributed by atoms with Gasteiger partial charge in [-0.15, -0.1) is 0 Å². The number of phenolic OH excluding ortho intramolecular Hbond substituents is 1. The summed E-state index contributed by atoms with van der Waals surface area (Å²) in [5.74, 6) is -3.76. The summed E-state index contributed by atoms with van der Waals surface area (Å²) in [5, 5.41) is 23.8. The zero-order valence-electron chi connectivity index (χ0n) is 18.2. The van der Waals surface area contributed by atoms with Crippen molar-refractivity contribution < 1.29 is 42.5 Å². The topological polar surface area (TPSA) is 189 Å². The molecule has 8 N–H and O–H groups in total. The Labute approximate surface area is 196 Å². The number of nitrogens with two attached hydrogens (primary N) is 2. The predicted octanol–water partition coefficient (Wildman–Crippen LogP) is 1.39. The average molecular weight is 497 g/mol. The highest BCUT2D eigenvalue weighted by Crippen LogP contribution is 2.33. The smallest absolute Gasteiger partial charge is 0.416 e. The fourth-order valence-corrected chi connectivity index (χ4v) is 2.99. The van der Waals surface area contributed by atoms with Crippen LogP contribution in [0.1, 0.15) is 33.9 Å². The molecule has 0 spiro atoms. The van der Waals surface area contributed by atoms with E-state index in [0.29, 0.717) is 17.9 Å². The molecule has 0 fully saturated rings. The molecular formula is C21H22F3N5O6. The predicted molar refractivity (Wildman–Crippen MR) is 117 cm³/mol. The van der Waals surface area contributed by atoms with E-state index >= 15 is 0 Å². The molecule has 0 aliphatic carbocycles. The largest absolute Gasteiger partial charge is 0.507 e. The number of rotatable bonds is 9. The van der Waals surface area contributed by atoms with E-state index in [4.69, 9.17) is 21.3 Å². The lowest BCUT2D eigenvalue weighted by Crippen LogP contribution is -2.39. The number of alkyl halides is 3. The maximum absolute atomic E-state index is 13.2. The molecule has 1 atom stereocenters. The summed E-state index contributed by atoms with van der Waals surface area (Å²) in [7, 11) is 1.36. The van der Waals surface area contributed by atoms with E-state index in [2.05, 4.69) is 15.6 Å². The van der Waals surface area contributed by atoms with Crippen LogP contribution in [0.5, 0.6) is 11.5 Å². The second-order valence-corrected chi connectivity index (χ2v) is 7.13. The highest BCUT2D eigenvalue weighted by molar-refractivity contribution is 5.97. The van der Waals surface area contributed by atoms with Crippen molar-refractivity contribution in [1.29, 1.82) is 0 Å². The number of nitrogens with one attached hydrogen (secondary N) is 2. The number of aliphatic carboxylic acids is 1. The number of aromatic hydroxyl groups is 1. The molecule has 14 heteroatoms. The van der Waals surface area contributed by atoms with Crippen LogP contribution < -0.4 is 26.8 Å². The number of benzene rings is 2. The number of nitrogens with zero attached hydrogens (tertiary/aromatic N) is 1. The zero-order valence-corrected chi connectivity index (χ0v) is 18.2. The first-order valence-electron chi connectivity index (χ1n) is 9.78. The summed E-state index contributed by atoms with van der Waals surface area (Å²) in [6.07, 6.45) is -5.40. The Morgan fingerprint density at radius 1 is 1.14 bits per heavy atom. The Balaban J connectivity index is 2.17. The van der Waals surface area contributed by atoms with Crippen LogP contribution in [0, 0.1) is 0 Å². The molecule has 35 heavy (non-hydrogen) atoms. The minimum Gasteiger partial charge on any atom is -0.507 e. The fourth-order valence-electron chi connectivity index (χ4n) is 2.99.